The Kier molecular flexibility index (Phi) is 4.06. The fourth-order valence-electron chi connectivity index (χ4n) is 3.32. The van der Waals surface area contributed by atoms with Crippen LogP contribution in [-0.2, 0) is 12.8 Å². The minimum Gasteiger partial charge on any atom is -0.299 e. The Labute approximate surface area is 148 Å². The molecule has 3 heteroatoms. The largest absolute Gasteiger partial charge is 0.299 e. The van der Waals surface area contributed by atoms with Crippen LogP contribution in [-0.4, -0.2) is 14.5 Å². The van der Waals surface area contributed by atoms with Gasteiger partial charge in [0.05, 0.1) is 11.0 Å². The topological polar surface area (TPSA) is 30.7 Å². The fourth-order valence-corrected chi connectivity index (χ4v) is 3.32. The van der Waals surface area contributed by atoms with E-state index in [0.29, 0.717) is 0 Å². The Balaban J connectivity index is 1.87. The highest BCUT2D eigenvalue weighted by molar-refractivity contribution is 5.88. The van der Waals surface area contributed by atoms with E-state index < -0.39 is 0 Å². The molecule has 0 bridgehead atoms. The zero-order chi connectivity index (χ0) is 17.2. The van der Waals surface area contributed by atoms with E-state index in [4.69, 9.17) is 4.98 Å². The molecular formula is C22H20N3. The average molecular weight is 326 g/mol. The van der Waals surface area contributed by atoms with Gasteiger partial charge in [0.25, 0.3) is 0 Å². The number of imidazole rings is 1. The van der Waals surface area contributed by atoms with E-state index in [9.17, 15) is 0 Å². The second-order valence-electron chi connectivity index (χ2n) is 6.09. The van der Waals surface area contributed by atoms with Gasteiger partial charge in [-0.25, -0.2) is 4.98 Å². The lowest BCUT2D eigenvalue weighted by Crippen LogP contribution is -1.94. The van der Waals surface area contributed by atoms with E-state index in [2.05, 4.69) is 65.9 Å². The van der Waals surface area contributed by atoms with E-state index in [-0.39, 0.29) is 0 Å². The highest BCUT2D eigenvalue weighted by Gasteiger charge is 2.13. The summed E-state index contributed by atoms with van der Waals surface area (Å²) in [6.45, 7) is 6.11. The summed E-state index contributed by atoms with van der Waals surface area (Å²) in [7, 11) is 0. The van der Waals surface area contributed by atoms with Crippen molar-refractivity contribution in [3.63, 3.8) is 0 Å². The number of aromatic nitrogens is 3. The van der Waals surface area contributed by atoms with Crippen LogP contribution < -0.4 is 0 Å². The van der Waals surface area contributed by atoms with Gasteiger partial charge in [-0.3, -0.25) is 9.55 Å². The minimum absolute atomic E-state index is 0.805. The first kappa shape index (κ1) is 15.6. The summed E-state index contributed by atoms with van der Waals surface area (Å²) in [4.78, 5) is 8.98. The van der Waals surface area contributed by atoms with Gasteiger partial charge in [-0.2, -0.15) is 0 Å². The molecule has 0 atom stereocenters. The molecule has 0 unspecified atom stereocenters. The molecule has 4 rings (SSSR count). The van der Waals surface area contributed by atoms with Crippen molar-refractivity contribution in [2.45, 2.75) is 19.8 Å². The van der Waals surface area contributed by atoms with Crippen molar-refractivity contribution in [1.82, 2.24) is 14.5 Å². The van der Waals surface area contributed by atoms with Crippen LogP contribution in [0.15, 0.2) is 67.3 Å². The van der Waals surface area contributed by atoms with Crippen molar-refractivity contribution < 1.29 is 0 Å². The van der Waals surface area contributed by atoms with Crippen molar-refractivity contribution in [2.75, 3.05) is 0 Å². The van der Waals surface area contributed by atoms with Gasteiger partial charge < -0.3 is 0 Å². The van der Waals surface area contributed by atoms with Crippen molar-refractivity contribution in [3.8, 4) is 16.8 Å². The lowest BCUT2D eigenvalue weighted by Gasteiger charge is -2.10. The molecule has 0 amide bonds. The highest BCUT2D eigenvalue weighted by Crippen LogP contribution is 2.30. The van der Waals surface area contributed by atoms with E-state index in [1.165, 1.54) is 16.7 Å². The van der Waals surface area contributed by atoms with Gasteiger partial charge >= 0.3 is 0 Å². The molecule has 2 heterocycles. The third-order valence-corrected chi connectivity index (χ3v) is 4.65. The molecule has 4 aromatic rings. The second kappa shape index (κ2) is 6.52. The summed E-state index contributed by atoms with van der Waals surface area (Å²) in [5.41, 5.74) is 8.16. The molecule has 0 aliphatic rings. The summed E-state index contributed by atoms with van der Waals surface area (Å²) < 4.78 is 2.15. The van der Waals surface area contributed by atoms with Gasteiger partial charge in [-0.05, 0) is 60.7 Å². The number of aryl methyl sites for hydroxylation is 1. The van der Waals surface area contributed by atoms with E-state index in [0.717, 1.165) is 35.1 Å². The lowest BCUT2D eigenvalue weighted by atomic mass is 9.98. The molecule has 25 heavy (non-hydrogen) atoms. The van der Waals surface area contributed by atoms with Crippen LogP contribution in [0.1, 0.15) is 18.1 Å². The number of rotatable bonds is 4. The molecule has 2 aromatic heterocycles. The summed E-state index contributed by atoms with van der Waals surface area (Å²) in [6, 6.07) is 16.9. The molecule has 3 nitrogen and oxygen atoms in total. The average Bonchev–Trinajstić information content (AvgIpc) is 3.12. The molecule has 0 aliphatic heterocycles. The standard InChI is InChI=1S/C22H20N3/c1-3-16-7-9-18(10-8-16)25-15-24-22-19(4-2)20(11-12-21(22)25)17-6-5-13-23-14-17/h5-15H,1,3-4H2,2H3. The van der Waals surface area contributed by atoms with Crippen molar-refractivity contribution in [2.24, 2.45) is 0 Å². The Bertz CT molecular complexity index is 999. The SMILES string of the molecule is [CH2]Cc1ccc(-n2cnc3c(CC)c(-c4cccnc4)ccc32)cc1. The van der Waals surface area contributed by atoms with E-state index >= 15 is 0 Å². The third kappa shape index (κ3) is 2.72. The van der Waals surface area contributed by atoms with Gasteiger partial charge in [-0.1, -0.05) is 31.2 Å². The predicted octanol–water partition coefficient (Wildman–Crippen LogP) is 5.03. The molecule has 0 saturated carbocycles. The van der Waals surface area contributed by atoms with E-state index in [1.807, 2.05) is 18.6 Å². The zero-order valence-corrected chi connectivity index (χ0v) is 14.3. The first-order valence-electron chi connectivity index (χ1n) is 8.59. The highest BCUT2D eigenvalue weighted by atomic mass is 15.0. The smallest absolute Gasteiger partial charge is 0.100 e. The number of nitrogens with zero attached hydrogens (tertiary/aromatic N) is 3. The number of fused-ring (bicyclic) bond motifs is 1. The third-order valence-electron chi connectivity index (χ3n) is 4.65. The molecule has 0 fully saturated rings. The fraction of sp³-hybridized carbons (Fsp3) is 0.136. The van der Waals surface area contributed by atoms with Crippen LogP contribution in [0, 0.1) is 6.92 Å². The summed E-state index contributed by atoms with van der Waals surface area (Å²) in [5, 5.41) is 0. The lowest BCUT2D eigenvalue weighted by molar-refractivity contribution is 1.09. The monoisotopic (exact) mass is 326 g/mol. The number of hydrogen-bond donors (Lipinski definition) is 0. The van der Waals surface area contributed by atoms with Gasteiger partial charge in [-0.15, -0.1) is 0 Å². The molecule has 123 valence electrons. The van der Waals surface area contributed by atoms with Crippen LogP contribution in [0.4, 0.5) is 0 Å². The Hall–Kier alpha value is -2.94. The maximum absolute atomic E-state index is 4.72. The van der Waals surface area contributed by atoms with Crippen molar-refractivity contribution in [3.05, 3.63) is 85.3 Å². The molecule has 0 spiro atoms. The van der Waals surface area contributed by atoms with Gasteiger partial charge in [0.15, 0.2) is 0 Å². The summed E-state index contributed by atoms with van der Waals surface area (Å²) >= 11 is 0. The van der Waals surface area contributed by atoms with Gasteiger partial charge in [0.2, 0.25) is 0 Å². The summed E-state index contributed by atoms with van der Waals surface area (Å²) in [5.74, 6) is 0. The Morgan fingerprint density at radius 2 is 1.88 bits per heavy atom. The van der Waals surface area contributed by atoms with Gasteiger partial charge in [0, 0.05) is 23.6 Å². The summed E-state index contributed by atoms with van der Waals surface area (Å²) in [6.07, 6.45) is 7.36. The van der Waals surface area contributed by atoms with Crippen LogP contribution in [0.2, 0.25) is 0 Å². The second-order valence-corrected chi connectivity index (χ2v) is 6.09. The quantitative estimate of drug-likeness (QED) is 0.527. The molecule has 0 aliphatic carbocycles. The molecule has 0 N–H and O–H groups in total. The Morgan fingerprint density at radius 1 is 1.04 bits per heavy atom. The Morgan fingerprint density at radius 3 is 2.56 bits per heavy atom. The molecule has 1 radical (unpaired) electrons. The number of pyridine rings is 1. The predicted molar refractivity (Wildman–Crippen MR) is 103 cm³/mol. The normalized spacial score (nSPS) is 11.1. The van der Waals surface area contributed by atoms with Crippen LogP contribution in [0.25, 0.3) is 27.8 Å². The molecule has 0 saturated heterocycles. The molecule has 2 aromatic carbocycles. The van der Waals surface area contributed by atoms with Crippen LogP contribution >= 0.6 is 0 Å². The first-order chi connectivity index (χ1) is 12.3. The van der Waals surface area contributed by atoms with Crippen LogP contribution in [0.5, 0.6) is 0 Å². The number of hydrogen-bond acceptors (Lipinski definition) is 2. The maximum Gasteiger partial charge on any atom is 0.100 e. The van der Waals surface area contributed by atoms with Crippen LogP contribution in [0.3, 0.4) is 0 Å². The molecular weight excluding hydrogens is 306 g/mol. The van der Waals surface area contributed by atoms with Gasteiger partial charge in [0.1, 0.15) is 6.33 Å². The number of benzene rings is 2. The van der Waals surface area contributed by atoms with E-state index in [1.54, 1.807) is 6.20 Å². The first-order valence-corrected chi connectivity index (χ1v) is 8.59. The zero-order valence-electron chi connectivity index (χ0n) is 14.3. The van der Waals surface area contributed by atoms with Crippen molar-refractivity contribution >= 4 is 11.0 Å². The van der Waals surface area contributed by atoms with Crippen molar-refractivity contribution in [1.29, 1.82) is 0 Å². The maximum atomic E-state index is 4.72. The minimum atomic E-state index is 0.805.